The second-order valence-electron chi connectivity index (χ2n) is 4.58. The van der Waals surface area contributed by atoms with Gasteiger partial charge >= 0.3 is 0 Å². The predicted octanol–water partition coefficient (Wildman–Crippen LogP) is 4.68. The van der Waals surface area contributed by atoms with Crippen LogP contribution in [-0.2, 0) is 4.79 Å². The van der Waals surface area contributed by atoms with Gasteiger partial charge in [0, 0.05) is 12.1 Å². The second kappa shape index (κ2) is 8.33. The van der Waals surface area contributed by atoms with Crippen LogP contribution in [0, 0.1) is 0 Å². The summed E-state index contributed by atoms with van der Waals surface area (Å²) < 4.78 is 15.7. The van der Waals surface area contributed by atoms with Crippen molar-refractivity contribution in [3.63, 3.8) is 0 Å². The van der Waals surface area contributed by atoms with Gasteiger partial charge in [-0.05, 0) is 12.1 Å². The summed E-state index contributed by atoms with van der Waals surface area (Å²) in [4.78, 5) is 12.1. The number of amides is 1. The van der Waals surface area contributed by atoms with Crippen LogP contribution in [0.5, 0.6) is 17.2 Å². The summed E-state index contributed by atoms with van der Waals surface area (Å²) >= 11 is 17.9. The molecule has 0 aliphatic rings. The molecule has 2 aromatic rings. The smallest absolute Gasteiger partial charge is 0.262 e. The Morgan fingerprint density at radius 3 is 2.38 bits per heavy atom. The van der Waals surface area contributed by atoms with Gasteiger partial charge in [-0.3, -0.25) is 4.79 Å². The molecule has 1 amide bonds. The first-order chi connectivity index (χ1) is 11.5. The lowest BCUT2D eigenvalue weighted by molar-refractivity contribution is -0.118. The van der Waals surface area contributed by atoms with E-state index in [9.17, 15) is 4.79 Å². The summed E-state index contributed by atoms with van der Waals surface area (Å²) in [6.45, 7) is -0.256. The highest BCUT2D eigenvalue weighted by Gasteiger charge is 2.14. The summed E-state index contributed by atoms with van der Waals surface area (Å²) in [5, 5.41) is 3.63. The minimum Gasteiger partial charge on any atom is -0.495 e. The first kappa shape index (κ1) is 18.5. The van der Waals surface area contributed by atoms with Gasteiger partial charge in [0.1, 0.15) is 22.3 Å². The van der Waals surface area contributed by atoms with E-state index in [0.717, 1.165) is 0 Å². The quantitative estimate of drug-likeness (QED) is 0.778. The zero-order chi connectivity index (χ0) is 17.7. The van der Waals surface area contributed by atoms with Gasteiger partial charge in [-0.25, -0.2) is 0 Å². The van der Waals surface area contributed by atoms with E-state index in [4.69, 9.17) is 49.0 Å². The summed E-state index contributed by atoms with van der Waals surface area (Å²) in [6, 6.07) is 8.03. The number of rotatable bonds is 6. The Bertz CT molecular complexity index is 752. The summed E-state index contributed by atoms with van der Waals surface area (Å²) in [6.07, 6.45) is 0. The van der Waals surface area contributed by atoms with Crippen LogP contribution in [0.4, 0.5) is 5.69 Å². The molecule has 0 radical (unpaired) electrons. The number of carbonyl (C=O) groups is 1. The fourth-order valence-electron chi connectivity index (χ4n) is 1.88. The summed E-state index contributed by atoms with van der Waals surface area (Å²) in [5.41, 5.74) is 0.407. The third-order valence-electron chi connectivity index (χ3n) is 3.02. The van der Waals surface area contributed by atoms with Crippen molar-refractivity contribution >= 4 is 46.4 Å². The van der Waals surface area contributed by atoms with E-state index in [1.807, 2.05) is 0 Å². The molecule has 2 rings (SSSR count). The van der Waals surface area contributed by atoms with Gasteiger partial charge in [0.15, 0.2) is 6.61 Å². The highest BCUT2D eigenvalue weighted by Crippen LogP contribution is 2.36. The lowest BCUT2D eigenvalue weighted by Gasteiger charge is -2.14. The molecule has 0 aliphatic heterocycles. The van der Waals surface area contributed by atoms with Gasteiger partial charge in [0.05, 0.1) is 30.0 Å². The maximum absolute atomic E-state index is 12.1. The van der Waals surface area contributed by atoms with Crippen molar-refractivity contribution in [2.75, 3.05) is 26.1 Å². The van der Waals surface area contributed by atoms with Crippen LogP contribution < -0.4 is 19.5 Å². The molecule has 24 heavy (non-hydrogen) atoms. The molecule has 0 unspecified atom stereocenters. The molecule has 0 fully saturated rings. The Labute approximate surface area is 154 Å². The molecule has 0 aliphatic carbocycles. The van der Waals surface area contributed by atoms with Crippen molar-refractivity contribution in [1.29, 1.82) is 0 Å². The van der Waals surface area contributed by atoms with Crippen LogP contribution in [0.25, 0.3) is 0 Å². The molecule has 0 aromatic heterocycles. The van der Waals surface area contributed by atoms with Crippen LogP contribution in [0.3, 0.4) is 0 Å². The monoisotopic (exact) mass is 389 g/mol. The molecule has 2 aromatic carbocycles. The molecule has 5 nitrogen and oxygen atoms in total. The molecule has 128 valence electrons. The van der Waals surface area contributed by atoms with Crippen LogP contribution >= 0.6 is 34.8 Å². The van der Waals surface area contributed by atoms with Crippen molar-refractivity contribution in [1.82, 2.24) is 0 Å². The van der Waals surface area contributed by atoms with Gasteiger partial charge in [-0.15, -0.1) is 0 Å². The Balaban J connectivity index is 2.08. The van der Waals surface area contributed by atoms with E-state index in [2.05, 4.69) is 5.32 Å². The first-order valence-electron chi connectivity index (χ1n) is 6.74. The Morgan fingerprint density at radius 2 is 1.71 bits per heavy atom. The number of carbonyl (C=O) groups excluding carboxylic acids is 1. The number of halogens is 3. The maximum atomic E-state index is 12.1. The highest BCUT2D eigenvalue weighted by atomic mass is 35.5. The molecule has 0 bridgehead atoms. The summed E-state index contributed by atoms with van der Waals surface area (Å²) in [5.74, 6) is 0.718. The number of methoxy groups -OCH3 is 2. The van der Waals surface area contributed by atoms with Crippen LogP contribution in [0.1, 0.15) is 0 Å². The molecule has 0 spiro atoms. The minimum absolute atomic E-state index is 0.248. The fraction of sp³-hybridized carbons (Fsp3) is 0.188. The number of hydrogen-bond donors (Lipinski definition) is 1. The van der Waals surface area contributed by atoms with E-state index >= 15 is 0 Å². The van der Waals surface area contributed by atoms with Crippen molar-refractivity contribution in [2.45, 2.75) is 0 Å². The molecule has 0 atom stereocenters. The number of anilines is 1. The fourth-order valence-corrected chi connectivity index (χ4v) is 2.46. The predicted molar refractivity (Wildman–Crippen MR) is 95.1 cm³/mol. The van der Waals surface area contributed by atoms with Gasteiger partial charge in [0.25, 0.3) is 5.91 Å². The van der Waals surface area contributed by atoms with Crippen molar-refractivity contribution in [3.8, 4) is 17.2 Å². The SMILES string of the molecule is COc1cc(NC(=O)COc2cccc(Cl)c2Cl)c(OC)cc1Cl. The number of hydrogen-bond acceptors (Lipinski definition) is 4. The Kier molecular flexibility index (Phi) is 6.43. The maximum Gasteiger partial charge on any atom is 0.262 e. The second-order valence-corrected chi connectivity index (χ2v) is 5.77. The van der Waals surface area contributed by atoms with E-state index < -0.39 is 5.91 Å². The van der Waals surface area contributed by atoms with Gasteiger partial charge in [-0.2, -0.15) is 0 Å². The average molecular weight is 391 g/mol. The third kappa shape index (κ3) is 4.38. The zero-order valence-corrected chi connectivity index (χ0v) is 15.1. The molecular weight excluding hydrogens is 377 g/mol. The topological polar surface area (TPSA) is 56.8 Å². The zero-order valence-electron chi connectivity index (χ0n) is 12.9. The van der Waals surface area contributed by atoms with Crippen LogP contribution in [-0.4, -0.2) is 26.7 Å². The molecule has 1 N–H and O–H groups in total. The summed E-state index contributed by atoms with van der Waals surface area (Å²) in [7, 11) is 2.94. The average Bonchev–Trinajstić information content (AvgIpc) is 2.57. The van der Waals surface area contributed by atoms with Crippen molar-refractivity contribution in [2.24, 2.45) is 0 Å². The van der Waals surface area contributed by atoms with Crippen LogP contribution in [0.2, 0.25) is 15.1 Å². The van der Waals surface area contributed by atoms with Crippen LogP contribution in [0.15, 0.2) is 30.3 Å². The number of ether oxygens (including phenoxy) is 3. The Morgan fingerprint density at radius 1 is 1.00 bits per heavy atom. The lowest BCUT2D eigenvalue weighted by Crippen LogP contribution is -2.20. The van der Waals surface area contributed by atoms with Gasteiger partial charge in [-0.1, -0.05) is 40.9 Å². The first-order valence-corrected chi connectivity index (χ1v) is 7.87. The molecular formula is C16H14Cl3NO4. The normalized spacial score (nSPS) is 10.2. The largest absolute Gasteiger partial charge is 0.495 e. The molecule has 0 saturated heterocycles. The van der Waals surface area contributed by atoms with Gasteiger partial charge in [0.2, 0.25) is 0 Å². The molecule has 0 heterocycles. The van der Waals surface area contributed by atoms with E-state index in [1.54, 1.807) is 30.3 Å². The van der Waals surface area contributed by atoms with Gasteiger partial charge < -0.3 is 19.5 Å². The number of benzene rings is 2. The molecule has 8 heteroatoms. The van der Waals surface area contributed by atoms with Crippen molar-refractivity contribution in [3.05, 3.63) is 45.4 Å². The van der Waals surface area contributed by atoms with Crippen molar-refractivity contribution < 1.29 is 19.0 Å². The minimum atomic E-state index is -0.409. The van der Waals surface area contributed by atoms with E-state index in [0.29, 0.717) is 33.0 Å². The standard InChI is InChI=1S/C16H14Cl3NO4/c1-22-13-7-11(14(23-2)6-10(13)18)20-15(21)8-24-12-5-3-4-9(17)16(12)19/h3-7H,8H2,1-2H3,(H,20,21). The number of nitrogens with one attached hydrogen (secondary N) is 1. The Hall–Kier alpha value is -1.82. The van der Waals surface area contributed by atoms with E-state index in [1.165, 1.54) is 14.2 Å². The highest BCUT2D eigenvalue weighted by molar-refractivity contribution is 6.42. The molecule has 0 saturated carbocycles. The third-order valence-corrected chi connectivity index (χ3v) is 4.12. The lowest BCUT2D eigenvalue weighted by atomic mass is 10.2. The van der Waals surface area contributed by atoms with E-state index in [-0.39, 0.29) is 11.6 Å².